The van der Waals surface area contributed by atoms with Gasteiger partial charge in [-0.2, -0.15) is 0 Å². The molecular formula is C25H29FN3O2S. The molecule has 0 saturated heterocycles. The maximum absolute atomic E-state index is 14.3. The summed E-state index contributed by atoms with van der Waals surface area (Å²) in [6.07, 6.45) is 4.45. The summed E-state index contributed by atoms with van der Waals surface area (Å²) in [7, 11) is 3.27. The molecule has 1 aliphatic carbocycles. The quantitative estimate of drug-likeness (QED) is 0.479. The van der Waals surface area contributed by atoms with Crippen LogP contribution in [0.2, 0.25) is 0 Å². The van der Waals surface area contributed by atoms with Crippen LogP contribution in [0, 0.1) is 25.1 Å². The Balaban J connectivity index is 1.69. The molecule has 1 unspecified atom stereocenters. The highest BCUT2D eigenvalue weighted by atomic mass is 32.1. The van der Waals surface area contributed by atoms with Crippen LogP contribution >= 0.6 is 11.3 Å². The average Bonchev–Trinajstić information content (AvgIpc) is 3.58. The van der Waals surface area contributed by atoms with Crippen LogP contribution in [0.5, 0.6) is 11.5 Å². The van der Waals surface area contributed by atoms with E-state index in [2.05, 4.69) is 13.3 Å². The number of methoxy groups -OCH3 is 2. The van der Waals surface area contributed by atoms with Gasteiger partial charge in [-0.05, 0) is 43.4 Å². The van der Waals surface area contributed by atoms with Gasteiger partial charge < -0.3 is 20.9 Å². The van der Waals surface area contributed by atoms with Crippen LogP contribution in [-0.4, -0.2) is 19.2 Å². The van der Waals surface area contributed by atoms with Crippen LogP contribution < -0.4 is 20.9 Å². The van der Waals surface area contributed by atoms with E-state index in [9.17, 15) is 4.39 Å². The number of aryl methyl sites for hydroxylation is 1. The van der Waals surface area contributed by atoms with Crippen molar-refractivity contribution in [1.82, 2.24) is 4.98 Å². The fraction of sp³-hybridized carbons (Fsp3) is 0.360. The standard InChI is InChI=1S/C25H29FN3O2S/c1-14-24(20-10-18(13-28)22(30-2)11-23(20)31-3)29-25(32-14)19(16-6-7-16)8-15-4-5-17(12-27)21(26)9-15/h4-5,8-11,16,19H,6-7,12-13,27-28H2,1-3H3. The number of hydrogen-bond acceptors (Lipinski definition) is 6. The second kappa shape index (κ2) is 9.57. The highest BCUT2D eigenvalue weighted by Crippen LogP contribution is 2.48. The lowest BCUT2D eigenvalue weighted by molar-refractivity contribution is 0.392. The van der Waals surface area contributed by atoms with E-state index < -0.39 is 0 Å². The van der Waals surface area contributed by atoms with Crippen LogP contribution in [-0.2, 0) is 13.1 Å². The second-order valence-corrected chi connectivity index (χ2v) is 9.34. The third-order valence-electron chi connectivity index (χ3n) is 5.97. The number of rotatable bonds is 9. The van der Waals surface area contributed by atoms with Gasteiger partial charge >= 0.3 is 0 Å². The number of benzene rings is 2. The van der Waals surface area contributed by atoms with Gasteiger partial charge in [0.25, 0.3) is 0 Å². The Hall–Kier alpha value is -2.48. The minimum Gasteiger partial charge on any atom is -0.496 e. The summed E-state index contributed by atoms with van der Waals surface area (Å²) < 4.78 is 25.4. The molecule has 1 heterocycles. The molecule has 0 spiro atoms. The van der Waals surface area contributed by atoms with E-state index in [1.807, 2.05) is 18.2 Å². The number of ether oxygens (including phenoxy) is 2. The Morgan fingerprint density at radius 1 is 1.09 bits per heavy atom. The molecule has 0 amide bonds. The number of halogens is 1. The lowest BCUT2D eigenvalue weighted by Gasteiger charge is -2.15. The summed E-state index contributed by atoms with van der Waals surface area (Å²) >= 11 is 1.69. The summed E-state index contributed by atoms with van der Waals surface area (Å²) in [5.74, 6) is 1.82. The molecule has 1 aromatic heterocycles. The molecular weight excluding hydrogens is 425 g/mol. The molecule has 0 bridgehead atoms. The monoisotopic (exact) mass is 454 g/mol. The van der Waals surface area contributed by atoms with Gasteiger partial charge in [0.05, 0.1) is 24.9 Å². The molecule has 1 atom stereocenters. The van der Waals surface area contributed by atoms with Crippen LogP contribution in [0.1, 0.15) is 45.3 Å². The van der Waals surface area contributed by atoms with E-state index in [1.54, 1.807) is 37.7 Å². The number of nitrogens with two attached hydrogens (primary N) is 2. The minimum atomic E-state index is -0.260. The molecule has 7 heteroatoms. The predicted octanol–water partition coefficient (Wildman–Crippen LogP) is 4.94. The highest BCUT2D eigenvalue weighted by Gasteiger charge is 2.35. The molecule has 5 nitrogen and oxygen atoms in total. The van der Waals surface area contributed by atoms with E-state index in [0.717, 1.165) is 45.1 Å². The second-order valence-electron chi connectivity index (χ2n) is 8.11. The number of thiazole rings is 1. The molecule has 1 fully saturated rings. The molecule has 32 heavy (non-hydrogen) atoms. The van der Waals surface area contributed by atoms with Crippen molar-refractivity contribution in [3.05, 3.63) is 69.1 Å². The third-order valence-corrected chi connectivity index (χ3v) is 7.05. The first kappa shape index (κ1) is 22.7. The summed E-state index contributed by atoms with van der Waals surface area (Å²) in [5, 5.41) is 1.04. The van der Waals surface area contributed by atoms with Gasteiger partial charge in [0.1, 0.15) is 17.3 Å². The van der Waals surface area contributed by atoms with Crippen LogP contribution in [0.25, 0.3) is 11.3 Å². The first-order valence-electron chi connectivity index (χ1n) is 10.7. The molecule has 3 aromatic rings. The van der Waals surface area contributed by atoms with Crippen LogP contribution in [0.4, 0.5) is 4.39 Å². The van der Waals surface area contributed by atoms with Crippen molar-refractivity contribution in [1.29, 1.82) is 0 Å². The summed E-state index contributed by atoms with van der Waals surface area (Å²) in [6, 6.07) is 9.13. The smallest absolute Gasteiger partial charge is 0.132 e. The molecule has 4 rings (SSSR count). The van der Waals surface area contributed by atoms with Crippen molar-refractivity contribution >= 4 is 11.3 Å². The lowest BCUT2D eigenvalue weighted by atomic mass is 9.94. The molecule has 1 saturated carbocycles. The van der Waals surface area contributed by atoms with E-state index in [-0.39, 0.29) is 18.3 Å². The highest BCUT2D eigenvalue weighted by molar-refractivity contribution is 7.12. The molecule has 1 aliphatic rings. The Kier molecular flexibility index (Phi) is 6.79. The SMILES string of the molecule is COc1cc(OC)c(-c2nc(C([CH]c3ccc(CN)c(F)c3)C3CC3)sc2C)cc1CN. The van der Waals surface area contributed by atoms with Crippen molar-refractivity contribution in [2.45, 2.75) is 38.8 Å². The number of nitrogens with zero attached hydrogens (tertiary/aromatic N) is 1. The van der Waals surface area contributed by atoms with Crippen molar-refractivity contribution in [2.75, 3.05) is 14.2 Å². The number of aromatic nitrogens is 1. The number of hydrogen-bond donors (Lipinski definition) is 2. The molecule has 2 aromatic carbocycles. The zero-order valence-corrected chi connectivity index (χ0v) is 19.5. The van der Waals surface area contributed by atoms with Gasteiger partial charge in [-0.25, -0.2) is 9.37 Å². The molecule has 169 valence electrons. The van der Waals surface area contributed by atoms with Crippen LogP contribution in [0.15, 0.2) is 30.3 Å². The minimum absolute atomic E-state index is 0.147. The fourth-order valence-electron chi connectivity index (χ4n) is 4.02. The average molecular weight is 455 g/mol. The van der Waals surface area contributed by atoms with Crippen LogP contribution in [0.3, 0.4) is 0 Å². The van der Waals surface area contributed by atoms with Gasteiger partial charge in [-0.3, -0.25) is 0 Å². The summed E-state index contributed by atoms with van der Waals surface area (Å²) in [4.78, 5) is 6.15. The first-order valence-corrected chi connectivity index (χ1v) is 11.6. The maximum atomic E-state index is 14.3. The lowest BCUT2D eigenvalue weighted by Crippen LogP contribution is -2.05. The van der Waals surface area contributed by atoms with Crippen molar-refractivity contribution in [3.63, 3.8) is 0 Å². The summed E-state index contributed by atoms with van der Waals surface area (Å²) in [6.45, 7) is 2.63. The molecule has 1 radical (unpaired) electrons. The Labute approximate surface area is 192 Å². The van der Waals surface area contributed by atoms with Crippen molar-refractivity contribution in [2.24, 2.45) is 17.4 Å². The molecule has 4 N–H and O–H groups in total. The topological polar surface area (TPSA) is 83.4 Å². The first-order chi connectivity index (χ1) is 15.5. The van der Waals surface area contributed by atoms with E-state index in [1.165, 1.54) is 0 Å². The molecule has 0 aliphatic heterocycles. The van der Waals surface area contributed by atoms with Gasteiger partial charge in [-0.1, -0.05) is 12.1 Å². The Bertz CT molecular complexity index is 1110. The summed E-state index contributed by atoms with van der Waals surface area (Å²) in [5.41, 5.74) is 15.6. The van der Waals surface area contributed by atoms with Gasteiger partial charge in [0.15, 0.2) is 0 Å². The van der Waals surface area contributed by atoms with Gasteiger partial charge in [0.2, 0.25) is 0 Å². The fourth-order valence-corrected chi connectivity index (χ4v) is 5.12. The van der Waals surface area contributed by atoms with Crippen molar-refractivity contribution in [3.8, 4) is 22.8 Å². The van der Waals surface area contributed by atoms with E-state index >= 15 is 0 Å². The van der Waals surface area contributed by atoms with E-state index in [0.29, 0.717) is 29.5 Å². The zero-order valence-electron chi connectivity index (χ0n) is 18.7. The maximum Gasteiger partial charge on any atom is 0.132 e. The Morgan fingerprint density at radius 3 is 2.41 bits per heavy atom. The normalized spacial score (nSPS) is 14.4. The zero-order chi connectivity index (χ0) is 22.8. The van der Waals surface area contributed by atoms with E-state index in [4.69, 9.17) is 25.9 Å². The van der Waals surface area contributed by atoms with Gasteiger partial charge in [-0.15, -0.1) is 11.3 Å². The van der Waals surface area contributed by atoms with Gasteiger partial charge in [0, 0.05) is 53.1 Å². The third kappa shape index (κ3) is 4.51. The Morgan fingerprint density at radius 2 is 1.81 bits per heavy atom. The van der Waals surface area contributed by atoms with Crippen molar-refractivity contribution < 1.29 is 13.9 Å². The largest absolute Gasteiger partial charge is 0.496 e. The predicted molar refractivity (Wildman–Crippen MR) is 126 cm³/mol.